The second kappa shape index (κ2) is 5.69. The van der Waals surface area contributed by atoms with Crippen molar-refractivity contribution in [3.8, 4) is 0 Å². The Morgan fingerprint density at radius 1 is 1.27 bits per heavy atom. The molecule has 0 spiro atoms. The van der Waals surface area contributed by atoms with Crippen molar-refractivity contribution in [3.05, 3.63) is 29.8 Å². The fourth-order valence-electron chi connectivity index (χ4n) is 1.48. The third kappa shape index (κ3) is 4.83. The van der Waals surface area contributed by atoms with E-state index in [2.05, 4.69) is 38.1 Å². The van der Waals surface area contributed by atoms with Crippen molar-refractivity contribution >= 4 is 19.4 Å². The van der Waals surface area contributed by atoms with Gasteiger partial charge in [0, 0.05) is 0 Å². The number of rotatable bonds is 5. The van der Waals surface area contributed by atoms with Gasteiger partial charge >= 0.3 is 98.9 Å². The van der Waals surface area contributed by atoms with E-state index in [0.29, 0.717) is 15.0 Å². The molecule has 1 rings (SSSR count). The fraction of sp³-hybridized carbons (Fsp3) is 0.538. The maximum absolute atomic E-state index is 10.0. The van der Waals surface area contributed by atoms with Gasteiger partial charge < -0.3 is 0 Å². The molecule has 15 heavy (non-hydrogen) atoms. The normalized spacial score (nSPS) is 14.9. The second-order valence-corrected chi connectivity index (χ2v) is 6.55. The van der Waals surface area contributed by atoms with E-state index in [9.17, 15) is 5.11 Å². The van der Waals surface area contributed by atoms with Crippen LogP contribution in [0.1, 0.15) is 32.3 Å². The summed E-state index contributed by atoms with van der Waals surface area (Å²) in [5, 5.41) is 11.0. The summed E-state index contributed by atoms with van der Waals surface area (Å²) >= 11 is 0.395. The van der Waals surface area contributed by atoms with Crippen LogP contribution in [0.2, 0.25) is 5.32 Å². The molecule has 0 aliphatic carbocycles. The zero-order valence-electron chi connectivity index (χ0n) is 9.79. The molecule has 1 unspecified atom stereocenters. The van der Waals surface area contributed by atoms with E-state index in [1.54, 1.807) is 0 Å². The molecule has 1 aromatic rings. The van der Waals surface area contributed by atoms with Crippen molar-refractivity contribution in [2.45, 2.75) is 44.5 Å². The van der Waals surface area contributed by atoms with Crippen LogP contribution in [0.4, 0.5) is 0 Å². The van der Waals surface area contributed by atoms with Crippen LogP contribution < -0.4 is 4.46 Å². The van der Waals surface area contributed by atoms with Crippen LogP contribution in [-0.2, 0) is 0 Å². The summed E-state index contributed by atoms with van der Waals surface area (Å²) in [4.78, 5) is 0. The van der Waals surface area contributed by atoms with Crippen molar-refractivity contribution in [3.63, 3.8) is 0 Å². The van der Waals surface area contributed by atoms with Crippen molar-refractivity contribution in [2.24, 2.45) is 0 Å². The molecule has 0 radical (unpaired) electrons. The van der Waals surface area contributed by atoms with E-state index in [1.165, 1.54) is 10.0 Å². The van der Waals surface area contributed by atoms with Crippen molar-refractivity contribution in [2.75, 3.05) is 0 Å². The fourth-order valence-corrected chi connectivity index (χ4v) is 3.48. The van der Waals surface area contributed by atoms with Crippen LogP contribution in [0.25, 0.3) is 0 Å². The molecule has 1 nitrogen and oxygen atoms in total. The van der Waals surface area contributed by atoms with Crippen LogP contribution in [-0.4, -0.2) is 25.7 Å². The van der Waals surface area contributed by atoms with Gasteiger partial charge in [-0.25, -0.2) is 0 Å². The summed E-state index contributed by atoms with van der Waals surface area (Å²) in [5.74, 6) is 0. The molecular formula is C13H20OSe. The standard InChI is InChI=1S/C13H20OSe/c1-4-9-13(3,14)10-15-12-7-5-11(2)6-8-12/h5-8,14H,4,9-10H2,1-3H3. The first-order chi connectivity index (χ1) is 7.03. The minimum absolute atomic E-state index is 0.395. The monoisotopic (exact) mass is 272 g/mol. The first-order valence-corrected chi connectivity index (χ1v) is 7.52. The van der Waals surface area contributed by atoms with Gasteiger partial charge in [0.1, 0.15) is 0 Å². The average Bonchev–Trinajstić information content (AvgIpc) is 2.17. The molecular weight excluding hydrogens is 251 g/mol. The SMILES string of the molecule is CCCC(C)(O)C[Se]c1ccc(C)cc1. The molecule has 0 bridgehead atoms. The second-order valence-electron chi connectivity index (χ2n) is 4.35. The van der Waals surface area contributed by atoms with E-state index < -0.39 is 5.60 Å². The Balaban J connectivity index is 2.46. The topological polar surface area (TPSA) is 20.2 Å². The summed E-state index contributed by atoms with van der Waals surface area (Å²) in [7, 11) is 0. The van der Waals surface area contributed by atoms with Crippen molar-refractivity contribution in [1.29, 1.82) is 0 Å². The van der Waals surface area contributed by atoms with Crippen LogP contribution in [0.15, 0.2) is 24.3 Å². The molecule has 0 saturated carbocycles. The van der Waals surface area contributed by atoms with Gasteiger partial charge in [0.05, 0.1) is 0 Å². The molecule has 0 fully saturated rings. The number of hydrogen-bond donors (Lipinski definition) is 1. The molecule has 1 atom stereocenters. The van der Waals surface area contributed by atoms with Gasteiger partial charge in [-0.2, -0.15) is 0 Å². The number of aryl methyl sites for hydroxylation is 1. The third-order valence-electron chi connectivity index (χ3n) is 2.36. The molecule has 1 aromatic carbocycles. The quantitative estimate of drug-likeness (QED) is 0.815. The van der Waals surface area contributed by atoms with Crippen LogP contribution >= 0.6 is 0 Å². The number of aliphatic hydroxyl groups is 1. The summed E-state index contributed by atoms with van der Waals surface area (Å²) in [6.45, 7) is 6.17. The number of hydrogen-bond acceptors (Lipinski definition) is 1. The van der Waals surface area contributed by atoms with E-state index >= 15 is 0 Å². The van der Waals surface area contributed by atoms with Gasteiger partial charge in [0.2, 0.25) is 0 Å². The van der Waals surface area contributed by atoms with Gasteiger partial charge in [0.15, 0.2) is 0 Å². The van der Waals surface area contributed by atoms with E-state index in [4.69, 9.17) is 0 Å². The van der Waals surface area contributed by atoms with Crippen LogP contribution in [0, 0.1) is 6.92 Å². The Hall–Kier alpha value is -0.301. The predicted molar refractivity (Wildman–Crippen MR) is 66.9 cm³/mol. The number of benzene rings is 1. The van der Waals surface area contributed by atoms with E-state index in [-0.39, 0.29) is 0 Å². The zero-order valence-corrected chi connectivity index (χ0v) is 11.5. The molecule has 84 valence electrons. The van der Waals surface area contributed by atoms with Crippen molar-refractivity contribution in [1.82, 2.24) is 0 Å². The van der Waals surface area contributed by atoms with Crippen LogP contribution in [0.5, 0.6) is 0 Å². The van der Waals surface area contributed by atoms with Gasteiger partial charge in [-0.1, -0.05) is 0 Å². The Labute approximate surface area is 99.1 Å². The van der Waals surface area contributed by atoms with Gasteiger partial charge in [0.25, 0.3) is 0 Å². The van der Waals surface area contributed by atoms with Gasteiger partial charge in [-0.05, 0) is 0 Å². The van der Waals surface area contributed by atoms with Crippen molar-refractivity contribution < 1.29 is 5.11 Å². The Morgan fingerprint density at radius 2 is 1.87 bits per heavy atom. The Bertz CT molecular complexity index is 290. The van der Waals surface area contributed by atoms with E-state index in [1.807, 2.05) is 6.92 Å². The summed E-state index contributed by atoms with van der Waals surface area (Å²) in [6, 6.07) is 8.64. The van der Waals surface area contributed by atoms with Gasteiger partial charge in [-0.15, -0.1) is 0 Å². The molecule has 0 aromatic heterocycles. The molecule has 2 heteroatoms. The molecule has 0 aliphatic heterocycles. The molecule has 1 N–H and O–H groups in total. The Morgan fingerprint density at radius 3 is 2.40 bits per heavy atom. The molecule has 0 aliphatic rings. The molecule has 0 amide bonds. The zero-order chi connectivity index (χ0) is 11.3. The van der Waals surface area contributed by atoms with Gasteiger partial charge in [-0.3, -0.25) is 0 Å². The minimum atomic E-state index is -0.473. The van der Waals surface area contributed by atoms with E-state index in [0.717, 1.165) is 18.2 Å². The first-order valence-electron chi connectivity index (χ1n) is 5.45. The summed E-state index contributed by atoms with van der Waals surface area (Å²) in [6.07, 6.45) is 1.96. The Kier molecular flexibility index (Phi) is 4.85. The predicted octanol–water partition coefficient (Wildman–Crippen LogP) is 2.29. The average molecular weight is 271 g/mol. The summed E-state index contributed by atoms with van der Waals surface area (Å²) < 4.78 is 1.38. The van der Waals surface area contributed by atoms with Crippen LogP contribution in [0.3, 0.4) is 0 Å². The molecule has 0 saturated heterocycles. The first kappa shape index (κ1) is 12.8. The summed E-state index contributed by atoms with van der Waals surface area (Å²) in [5.41, 5.74) is 0.828. The third-order valence-corrected chi connectivity index (χ3v) is 5.24. The molecule has 0 heterocycles. The maximum atomic E-state index is 10.0.